The summed E-state index contributed by atoms with van der Waals surface area (Å²) in [7, 11) is 1.61. The fourth-order valence-corrected chi connectivity index (χ4v) is 3.76. The molecule has 0 unspecified atom stereocenters. The van der Waals surface area contributed by atoms with Crippen LogP contribution < -0.4 is 15.6 Å². The molecule has 1 aromatic heterocycles. The number of rotatable bonds is 5. The van der Waals surface area contributed by atoms with Gasteiger partial charge < -0.3 is 15.3 Å². The molecule has 4 aromatic rings. The average molecular weight is 431 g/mol. The van der Waals surface area contributed by atoms with Gasteiger partial charge in [-0.1, -0.05) is 0 Å². The Balaban J connectivity index is 1.46. The van der Waals surface area contributed by atoms with E-state index in [2.05, 4.69) is 15.8 Å². The molecule has 0 amide bonds. The van der Waals surface area contributed by atoms with E-state index in [-0.39, 0.29) is 5.69 Å². The van der Waals surface area contributed by atoms with Gasteiger partial charge in [-0.25, -0.2) is 4.98 Å². The van der Waals surface area contributed by atoms with Crippen molar-refractivity contribution in [1.29, 1.82) is 0 Å². The molecule has 1 heterocycles. The number of alkyl halides is 3. The molecule has 0 aliphatic carbocycles. The second-order valence-corrected chi connectivity index (χ2v) is 7.44. The molecule has 0 radical (unpaired) electrons. The van der Waals surface area contributed by atoms with Crippen LogP contribution in [0.5, 0.6) is 11.5 Å². The molecule has 0 spiro atoms. The van der Waals surface area contributed by atoms with Crippen LogP contribution in [0.3, 0.4) is 0 Å². The Morgan fingerprint density at radius 3 is 2.40 bits per heavy atom. The second-order valence-electron chi connectivity index (χ2n) is 6.41. The minimum atomic E-state index is -4.51. The van der Waals surface area contributed by atoms with Crippen LogP contribution in [0.25, 0.3) is 20.8 Å². The van der Waals surface area contributed by atoms with Gasteiger partial charge in [0, 0.05) is 11.6 Å². The molecule has 5 nitrogen and oxygen atoms in total. The fraction of sp³-hybridized carbons (Fsp3) is 0.0952. The lowest BCUT2D eigenvalue weighted by molar-refractivity contribution is -0.137. The number of aromatic hydroxyl groups is 1. The summed E-state index contributed by atoms with van der Waals surface area (Å²) >= 11 is 1.56. The molecule has 9 heteroatoms. The Morgan fingerprint density at radius 1 is 0.967 bits per heavy atom. The van der Waals surface area contributed by atoms with Crippen molar-refractivity contribution in [3.8, 4) is 22.1 Å². The molecule has 0 saturated carbocycles. The topological polar surface area (TPSA) is 66.4 Å². The third-order valence-electron chi connectivity index (χ3n) is 4.39. The number of phenols is 1. The van der Waals surface area contributed by atoms with Gasteiger partial charge in [0.25, 0.3) is 0 Å². The third-order valence-corrected chi connectivity index (χ3v) is 5.48. The van der Waals surface area contributed by atoms with Crippen molar-refractivity contribution < 1.29 is 23.0 Å². The summed E-state index contributed by atoms with van der Waals surface area (Å²) in [5.41, 5.74) is 7.23. The Hall–Kier alpha value is -3.46. The van der Waals surface area contributed by atoms with Crippen LogP contribution in [-0.2, 0) is 6.18 Å². The number of aromatic nitrogens is 1. The largest absolute Gasteiger partial charge is 0.506 e. The van der Waals surface area contributed by atoms with Crippen LogP contribution in [0.1, 0.15) is 5.56 Å². The predicted octanol–water partition coefficient (Wildman–Crippen LogP) is 6.14. The highest BCUT2D eigenvalue weighted by atomic mass is 32.1. The lowest BCUT2D eigenvalue weighted by Gasteiger charge is -2.13. The number of thiazole rings is 1. The number of hydrogen-bond acceptors (Lipinski definition) is 6. The van der Waals surface area contributed by atoms with E-state index in [0.29, 0.717) is 11.8 Å². The van der Waals surface area contributed by atoms with Crippen LogP contribution in [-0.4, -0.2) is 17.2 Å². The van der Waals surface area contributed by atoms with Crippen molar-refractivity contribution in [2.24, 2.45) is 0 Å². The highest BCUT2D eigenvalue weighted by molar-refractivity contribution is 7.21. The van der Waals surface area contributed by atoms with Gasteiger partial charge in [0.15, 0.2) is 0 Å². The molecule has 0 saturated heterocycles. The number of fused-ring (bicyclic) bond motifs is 1. The second kappa shape index (κ2) is 7.75. The predicted molar refractivity (Wildman–Crippen MR) is 112 cm³/mol. The summed E-state index contributed by atoms with van der Waals surface area (Å²) < 4.78 is 44.3. The molecule has 0 atom stereocenters. The van der Waals surface area contributed by atoms with Gasteiger partial charge in [-0.3, -0.25) is 5.43 Å². The monoisotopic (exact) mass is 431 g/mol. The smallest absolute Gasteiger partial charge is 0.416 e. The number of nitrogens with zero attached hydrogens (tertiary/aromatic N) is 1. The maximum Gasteiger partial charge on any atom is 0.416 e. The number of phenolic OH excluding ortho intramolecular Hbond substituents is 1. The van der Waals surface area contributed by atoms with Gasteiger partial charge in [0.05, 0.1) is 34.3 Å². The first-order valence-electron chi connectivity index (χ1n) is 8.81. The molecule has 3 aromatic carbocycles. The van der Waals surface area contributed by atoms with Gasteiger partial charge in [-0.2, -0.15) is 13.2 Å². The number of benzene rings is 3. The van der Waals surface area contributed by atoms with Gasteiger partial charge in [0.1, 0.15) is 16.5 Å². The number of hydrazine groups is 1. The van der Waals surface area contributed by atoms with Crippen LogP contribution in [0.4, 0.5) is 24.5 Å². The number of anilines is 2. The summed E-state index contributed by atoms with van der Waals surface area (Å²) in [6.07, 6.45) is -4.51. The summed E-state index contributed by atoms with van der Waals surface area (Å²) in [6, 6.07) is 15.8. The van der Waals surface area contributed by atoms with E-state index in [1.165, 1.54) is 0 Å². The van der Waals surface area contributed by atoms with E-state index in [1.54, 1.807) is 30.6 Å². The number of halogens is 3. The van der Waals surface area contributed by atoms with Crippen LogP contribution >= 0.6 is 11.3 Å². The highest BCUT2D eigenvalue weighted by Gasteiger charge is 2.31. The van der Waals surface area contributed by atoms with E-state index >= 15 is 0 Å². The maximum atomic E-state index is 12.7. The van der Waals surface area contributed by atoms with Gasteiger partial charge in [-0.15, -0.1) is 11.3 Å². The highest BCUT2D eigenvalue weighted by Crippen LogP contribution is 2.35. The Kier molecular flexibility index (Phi) is 5.13. The molecular weight excluding hydrogens is 415 g/mol. The standard InChI is InChI=1S/C21H16F3N3O2S/c1-29-15-7-9-19-17(11-15)25-20(30-19)12-2-5-14(6-3-12)26-27-16-8-4-13(10-18(16)28)21(22,23)24/h2-11,26-28H,1H3. The number of ether oxygens (including phenoxy) is 1. The minimum Gasteiger partial charge on any atom is -0.506 e. The van der Waals surface area contributed by atoms with E-state index in [4.69, 9.17) is 4.74 Å². The first-order chi connectivity index (χ1) is 14.3. The van der Waals surface area contributed by atoms with Gasteiger partial charge in [0.2, 0.25) is 0 Å². The molecule has 154 valence electrons. The summed E-state index contributed by atoms with van der Waals surface area (Å²) in [5.74, 6) is 0.246. The third kappa shape index (κ3) is 4.11. The van der Waals surface area contributed by atoms with E-state index in [1.807, 2.05) is 30.3 Å². The Labute approximate surface area is 173 Å². The fourth-order valence-electron chi connectivity index (χ4n) is 2.81. The normalized spacial score (nSPS) is 11.5. The van der Waals surface area contributed by atoms with E-state index < -0.39 is 17.5 Å². The summed E-state index contributed by atoms with van der Waals surface area (Å²) in [6.45, 7) is 0. The van der Waals surface area contributed by atoms with Crippen molar-refractivity contribution in [2.75, 3.05) is 18.0 Å². The minimum absolute atomic E-state index is 0.132. The molecule has 0 aliphatic rings. The molecule has 0 bridgehead atoms. The zero-order chi connectivity index (χ0) is 21.3. The maximum absolute atomic E-state index is 12.7. The zero-order valence-electron chi connectivity index (χ0n) is 15.6. The Morgan fingerprint density at radius 2 is 1.73 bits per heavy atom. The Bertz CT molecular complexity index is 1190. The summed E-state index contributed by atoms with van der Waals surface area (Å²) in [4.78, 5) is 4.63. The average Bonchev–Trinajstić information content (AvgIpc) is 3.15. The van der Waals surface area contributed by atoms with Crippen molar-refractivity contribution in [1.82, 2.24) is 4.98 Å². The van der Waals surface area contributed by atoms with Crippen molar-refractivity contribution >= 4 is 32.9 Å². The van der Waals surface area contributed by atoms with E-state index in [0.717, 1.165) is 38.7 Å². The van der Waals surface area contributed by atoms with Crippen LogP contribution in [0.15, 0.2) is 60.7 Å². The van der Waals surface area contributed by atoms with Crippen molar-refractivity contribution in [3.05, 3.63) is 66.2 Å². The summed E-state index contributed by atoms with van der Waals surface area (Å²) in [5, 5.41) is 10.7. The number of methoxy groups -OCH3 is 1. The molecule has 4 rings (SSSR count). The van der Waals surface area contributed by atoms with Crippen LogP contribution in [0.2, 0.25) is 0 Å². The number of hydrogen-bond donors (Lipinski definition) is 3. The van der Waals surface area contributed by atoms with Gasteiger partial charge in [-0.05, 0) is 54.6 Å². The zero-order valence-corrected chi connectivity index (χ0v) is 16.4. The molecule has 0 fully saturated rings. The van der Waals surface area contributed by atoms with Gasteiger partial charge >= 0.3 is 6.18 Å². The van der Waals surface area contributed by atoms with Crippen LogP contribution in [0, 0.1) is 0 Å². The molecule has 30 heavy (non-hydrogen) atoms. The molecule has 3 N–H and O–H groups in total. The first kappa shape index (κ1) is 19.8. The quantitative estimate of drug-likeness (QED) is 0.262. The van der Waals surface area contributed by atoms with E-state index in [9.17, 15) is 18.3 Å². The first-order valence-corrected chi connectivity index (χ1v) is 9.62. The molecular formula is C21H16F3N3O2S. The SMILES string of the molecule is COc1ccc2sc(-c3ccc(NNc4ccc(C(F)(F)F)cc4O)cc3)nc2c1. The van der Waals surface area contributed by atoms with Crippen molar-refractivity contribution in [3.63, 3.8) is 0 Å². The lowest BCUT2D eigenvalue weighted by Crippen LogP contribution is -2.10. The lowest BCUT2D eigenvalue weighted by atomic mass is 10.2. The number of nitrogens with one attached hydrogen (secondary N) is 2. The molecule has 0 aliphatic heterocycles. The van der Waals surface area contributed by atoms with Crippen molar-refractivity contribution in [2.45, 2.75) is 6.18 Å².